The molecule has 0 saturated heterocycles. The fourth-order valence-corrected chi connectivity index (χ4v) is 4.78. The number of aryl methyl sites for hydroxylation is 1. The fourth-order valence-electron chi connectivity index (χ4n) is 3.39. The molecule has 1 N–H and O–H groups in total. The Balaban J connectivity index is 1.98. The van der Waals surface area contributed by atoms with E-state index in [2.05, 4.69) is 47.0 Å². The van der Waals surface area contributed by atoms with Crippen LogP contribution >= 0.6 is 22.9 Å². The lowest BCUT2D eigenvalue weighted by Gasteiger charge is -2.17. The van der Waals surface area contributed by atoms with Gasteiger partial charge in [0.2, 0.25) is 0 Å². The smallest absolute Gasteiger partial charge is 0.148 e. The maximum absolute atomic E-state index is 6.19. The molecule has 0 fully saturated rings. The zero-order valence-electron chi connectivity index (χ0n) is 17.8. The largest absolute Gasteiger partial charge is 0.369 e. The molecule has 4 nitrogen and oxygen atoms in total. The number of benzene rings is 1. The van der Waals surface area contributed by atoms with Crippen molar-refractivity contribution in [2.45, 2.75) is 40.0 Å². The highest BCUT2D eigenvalue weighted by molar-refractivity contribution is 7.21. The van der Waals surface area contributed by atoms with Crippen LogP contribution in [0.1, 0.15) is 43.6 Å². The predicted octanol–water partition coefficient (Wildman–Crippen LogP) is 5.41. The Kier molecular flexibility index (Phi) is 9.42. The summed E-state index contributed by atoms with van der Waals surface area (Å²) in [6.45, 7) is 11.0. The van der Waals surface area contributed by atoms with Crippen LogP contribution in [0.4, 0.5) is 0 Å². The van der Waals surface area contributed by atoms with Gasteiger partial charge >= 0.3 is 0 Å². The van der Waals surface area contributed by atoms with Gasteiger partial charge < -0.3 is 10.2 Å². The van der Waals surface area contributed by atoms with E-state index in [-0.39, 0.29) is 0 Å². The molecular weight excluding hydrogens is 388 g/mol. The number of rotatable bonds is 10. The van der Waals surface area contributed by atoms with Crippen LogP contribution in [0.15, 0.2) is 28.2 Å². The van der Waals surface area contributed by atoms with E-state index in [1.807, 2.05) is 26.2 Å². The summed E-state index contributed by atoms with van der Waals surface area (Å²) in [5.41, 5.74) is 2.14. The summed E-state index contributed by atoms with van der Waals surface area (Å²) in [4.78, 5) is 12.7. The molecule has 0 radical (unpaired) electrons. The minimum atomic E-state index is 0.766. The normalized spacial score (nSPS) is 13.0. The van der Waals surface area contributed by atoms with Gasteiger partial charge in [0.25, 0.3) is 0 Å². The Morgan fingerprint density at radius 2 is 1.86 bits per heavy atom. The third kappa shape index (κ3) is 5.79. The van der Waals surface area contributed by atoms with Gasteiger partial charge in [-0.1, -0.05) is 31.9 Å². The van der Waals surface area contributed by atoms with Crippen LogP contribution in [0.2, 0.25) is 5.02 Å². The quantitative estimate of drug-likeness (QED) is 0.317. The third-order valence-electron chi connectivity index (χ3n) is 5.12. The van der Waals surface area contributed by atoms with Gasteiger partial charge in [-0.3, -0.25) is 9.98 Å². The molecule has 1 aromatic heterocycles. The molecule has 0 spiro atoms. The second-order valence-electron chi connectivity index (χ2n) is 6.86. The van der Waals surface area contributed by atoms with Crippen LogP contribution in [0.5, 0.6) is 0 Å². The molecule has 2 aromatic rings. The number of fused-ring (bicyclic) bond motifs is 1. The fraction of sp³-hybridized carbons (Fsp3) is 0.545. The molecular formula is C22H33ClN4S. The Labute approximate surface area is 178 Å². The van der Waals surface area contributed by atoms with E-state index in [9.17, 15) is 0 Å². The number of thiophene rings is 1. The summed E-state index contributed by atoms with van der Waals surface area (Å²) in [6.07, 6.45) is 3.60. The lowest BCUT2D eigenvalue weighted by atomic mass is 10.1. The first-order chi connectivity index (χ1) is 13.5. The van der Waals surface area contributed by atoms with E-state index in [4.69, 9.17) is 11.6 Å². The molecule has 0 aliphatic heterocycles. The number of aliphatic imine (C=N–C) groups is 2. The number of nitrogens with zero attached hydrogens (tertiary/aromatic N) is 3. The molecule has 154 valence electrons. The molecule has 0 unspecified atom stereocenters. The highest BCUT2D eigenvalue weighted by Crippen LogP contribution is 2.33. The third-order valence-corrected chi connectivity index (χ3v) is 6.64. The van der Waals surface area contributed by atoms with Crippen molar-refractivity contribution in [3.05, 3.63) is 33.7 Å². The van der Waals surface area contributed by atoms with Crippen molar-refractivity contribution in [1.82, 2.24) is 10.2 Å². The van der Waals surface area contributed by atoms with Gasteiger partial charge in [-0.2, -0.15) is 0 Å². The van der Waals surface area contributed by atoms with Gasteiger partial charge in [0.15, 0.2) is 0 Å². The van der Waals surface area contributed by atoms with Crippen LogP contribution in [0, 0.1) is 6.92 Å². The molecule has 0 aliphatic carbocycles. The highest BCUT2D eigenvalue weighted by atomic mass is 35.5. The molecule has 0 aliphatic rings. The summed E-state index contributed by atoms with van der Waals surface area (Å²) in [5, 5.41) is 5.46. The molecule has 0 bridgehead atoms. The maximum atomic E-state index is 6.19. The van der Waals surface area contributed by atoms with Crippen molar-refractivity contribution >= 4 is 44.6 Å². The Morgan fingerprint density at radius 3 is 2.50 bits per heavy atom. The SMILES string of the molecule is CCN(CC)CCCCCNC(=NC)C(=NC)c1sc2ccc(Cl)cc2c1C. The van der Waals surface area contributed by atoms with E-state index in [1.165, 1.54) is 35.0 Å². The average molecular weight is 421 g/mol. The van der Waals surface area contributed by atoms with Crippen molar-refractivity contribution in [3.8, 4) is 0 Å². The van der Waals surface area contributed by atoms with Gasteiger partial charge in [0, 0.05) is 30.4 Å². The van der Waals surface area contributed by atoms with Crippen LogP contribution in [-0.2, 0) is 0 Å². The molecule has 0 saturated carbocycles. The Bertz CT molecular complexity index is 821. The zero-order chi connectivity index (χ0) is 20.5. The van der Waals surface area contributed by atoms with Crippen LogP contribution in [0.3, 0.4) is 0 Å². The van der Waals surface area contributed by atoms with E-state index in [0.29, 0.717) is 0 Å². The van der Waals surface area contributed by atoms with Crippen molar-refractivity contribution in [1.29, 1.82) is 0 Å². The van der Waals surface area contributed by atoms with Crippen molar-refractivity contribution in [3.63, 3.8) is 0 Å². The van der Waals surface area contributed by atoms with E-state index >= 15 is 0 Å². The maximum Gasteiger partial charge on any atom is 0.148 e. The first kappa shape index (κ1) is 22.9. The molecule has 0 amide bonds. The summed E-state index contributed by atoms with van der Waals surface area (Å²) in [5.74, 6) is 0.868. The number of amidine groups is 1. The summed E-state index contributed by atoms with van der Waals surface area (Å²) >= 11 is 7.94. The number of unbranched alkanes of at least 4 members (excludes halogenated alkanes) is 2. The molecule has 0 atom stereocenters. The van der Waals surface area contributed by atoms with Crippen molar-refractivity contribution in [2.24, 2.45) is 9.98 Å². The van der Waals surface area contributed by atoms with E-state index in [0.717, 1.165) is 47.5 Å². The van der Waals surface area contributed by atoms with Gasteiger partial charge in [-0.05, 0) is 68.5 Å². The van der Waals surface area contributed by atoms with Gasteiger partial charge in [-0.15, -0.1) is 11.3 Å². The topological polar surface area (TPSA) is 40.0 Å². The standard InChI is InChI=1S/C22H33ClN4S/c1-6-27(7-2)14-10-8-9-13-26-22(25-5)20(24-4)21-16(3)18-15-17(23)11-12-19(18)28-21/h11-12,15H,6-10,13-14H2,1-5H3,(H,25,26). The molecule has 6 heteroatoms. The number of hydrogen-bond acceptors (Lipinski definition) is 4. The van der Waals surface area contributed by atoms with E-state index in [1.54, 1.807) is 11.3 Å². The van der Waals surface area contributed by atoms with Gasteiger partial charge in [0.05, 0.1) is 4.88 Å². The Morgan fingerprint density at radius 1 is 1.11 bits per heavy atom. The second kappa shape index (κ2) is 11.5. The van der Waals surface area contributed by atoms with Crippen LogP contribution < -0.4 is 5.32 Å². The first-order valence-corrected chi connectivity index (χ1v) is 11.3. The summed E-state index contributed by atoms with van der Waals surface area (Å²) in [7, 11) is 3.66. The number of hydrogen-bond donors (Lipinski definition) is 1. The Hall–Kier alpha value is -1.43. The number of nitrogens with one attached hydrogen (secondary N) is 1. The first-order valence-electron chi connectivity index (χ1n) is 10.1. The predicted molar refractivity (Wildman–Crippen MR) is 127 cm³/mol. The molecule has 1 heterocycles. The monoisotopic (exact) mass is 420 g/mol. The second-order valence-corrected chi connectivity index (χ2v) is 8.34. The molecule has 2 rings (SSSR count). The van der Waals surface area contributed by atoms with Crippen LogP contribution in [0.25, 0.3) is 10.1 Å². The lowest BCUT2D eigenvalue weighted by Crippen LogP contribution is -2.32. The summed E-state index contributed by atoms with van der Waals surface area (Å²) < 4.78 is 1.23. The van der Waals surface area contributed by atoms with Crippen molar-refractivity contribution in [2.75, 3.05) is 40.3 Å². The molecule has 28 heavy (non-hydrogen) atoms. The minimum absolute atomic E-state index is 0.766. The minimum Gasteiger partial charge on any atom is -0.369 e. The lowest BCUT2D eigenvalue weighted by molar-refractivity contribution is 0.296. The average Bonchev–Trinajstić information content (AvgIpc) is 3.02. The van der Waals surface area contributed by atoms with Gasteiger partial charge in [-0.25, -0.2) is 0 Å². The molecule has 1 aromatic carbocycles. The van der Waals surface area contributed by atoms with E-state index < -0.39 is 0 Å². The summed E-state index contributed by atoms with van der Waals surface area (Å²) in [6, 6.07) is 6.06. The number of halogens is 1. The zero-order valence-corrected chi connectivity index (χ0v) is 19.4. The van der Waals surface area contributed by atoms with Gasteiger partial charge in [0.1, 0.15) is 11.5 Å². The van der Waals surface area contributed by atoms with Crippen molar-refractivity contribution < 1.29 is 0 Å². The van der Waals surface area contributed by atoms with Crippen LogP contribution in [-0.4, -0.2) is 56.7 Å². The highest BCUT2D eigenvalue weighted by Gasteiger charge is 2.18.